The first-order chi connectivity index (χ1) is 15.7. The number of anilines is 1. The van der Waals surface area contributed by atoms with Crippen molar-refractivity contribution in [3.8, 4) is 11.3 Å². The van der Waals surface area contributed by atoms with Gasteiger partial charge < -0.3 is 4.90 Å². The Morgan fingerprint density at radius 1 is 0.875 bits per heavy atom. The van der Waals surface area contributed by atoms with Crippen molar-refractivity contribution in [3.63, 3.8) is 0 Å². The molecule has 4 aromatic rings. The normalized spacial score (nSPS) is 10.6. The van der Waals surface area contributed by atoms with E-state index >= 15 is 0 Å². The van der Waals surface area contributed by atoms with Gasteiger partial charge in [-0.25, -0.2) is 4.68 Å². The van der Waals surface area contributed by atoms with Crippen molar-refractivity contribution in [1.29, 1.82) is 0 Å². The van der Waals surface area contributed by atoms with Crippen molar-refractivity contribution in [2.24, 2.45) is 0 Å². The van der Waals surface area contributed by atoms with E-state index in [-0.39, 0.29) is 11.5 Å². The van der Waals surface area contributed by atoms with Crippen molar-refractivity contribution >= 4 is 11.6 Å². The molecule has 6 heteroatoms. The lowest BCUT2D eigenvalue weighted by molar-refractivity contribution is -0.118. The number of pyridine rings is 1. The topological polar surface area (TPSA) is 68.1 Å². The second-order valence-electron chi connectivity index (χ2n) is 7.43. The predicted octanol–water partition coefficient (Wildman–Crippen LogP) is 4.32. The summed E-state index contributed by atoms with van der Waals surface area (Å²) in [5.41, 5.74) is 3.26. The van der Waals surface area contributed by atoms with E-state index in [0.717, 1.165) is 16.8 Å². The molecule has 0 unspecified atom stereocenters. The molecule has 0 saturated heterocycles. The Morgan fingerprint density at radius 2 is 1.62 bits per heavy atom. The number of amides is 1. The maximum Gasteiger partial charge on any atom is 0.266 e. The number of benzene rings is 2. The molecule has 0 aliphatic heterocycles. The Hall–Kier alpha value is -4.06. The molecule has 160 valence electrons. The van der Waals surface area contributed by atoms with Crippen molar-refractivity contribution < 1.29 is 4.79 Å². The molecule has 0 fully saturated rings. The first-order valence-corrected chi connectivity index (χ1v) is 10.6. The van der Waals surface area contributed by atoms with Crippen LogP contribution in [0.5, 0.6) is 0 Å². The van der Waals surface area contributed by atoms with E-state index in [4.69, 9.17) is 0 Å². The van der Waals surface area contributed by atoms with Crippen LogP contribution in [0.2, 0.25) is 0 Å². The largest absolute Gasteiger partial charge is 0.308 e. The fourth-order valence-corrected chi connectivity index (χ4v) is 3.49. The van der Waals surface area contributed by atoms with Crippen molar-refractivity contribution in [3.05, 3.63) is 113 Å². The van der Waals surface area contributed by atoms with Gasteiger partial charge in [0.15, 0.2) is 0 Å². The maximum absolute atomic E-state index is 13.1. The monoisotopic (exact) mass is 424 g/mol. The van der Waals surface area contributed by atoms with Crippen LogP contribution < -0.4 is 10.5 Å². The molecule has 6 nitrogen and oxygen atoms in total. The molecule has 0 bridgehead atoms. The summed E-state index contributed by atoms with van der Waals surface area (Å²) in [5.74, 6) is 0.0107. The van der Waals surface area contributed by atoms with Crippen LogP contribution >= 0.6 is 0 Å². The Labute approximate surface area is 186 Å². The summed E-state index contributed by atoms with van der Waals surface area (Å²) in [6.45, 7) is 0.866. The number of aromatic nitrogens is 3. The van der Waals surface area contributed by atoms with Gasteiger partial charge in [-0.3, -0.25) is 14.6 Å². The number of nitrogens with zero attached hydrogens (tertiary/aromatic N) is 4. The van der Waals surface area contributed by atoms with Crippen molar-refractivity contribution in [1.82, 2.24) is 14.8 Å². The minimum absolute atomic E-state index is 0.0107. The molecule has 0 atom stereocenters. The van der Waals surface area contributed by atoms with Crippen LogP contribution in [0.4, 0.5) is 5.69 Å². The van der Waals surface area contributed by atoms with Crippen LogP contribution in [-0.4, -0.2) is 20.7 Å². The predicted molar refractivity (Wildman–Crippen MR) is 125 cm³/mol. The molecule has 1 amide bonds. The Balaban J connectivity index is 1.45. The molecule has 0 aliphatic carbocycles. The number of carbonyl (C=O) groups excluding carboxylic acids is 1. The average Bonchev–Trinajstić information content (AvgIpc) is 2.85. The summed E-state index contributed by atoms with van der Waals surface area (Å²) >= 11 is 0. The summed E-state index contributed by atoms with van der Waals surface area (Å²) in [6, 6.07) is 26.5. The van der Waals surface area contributed by atoms with Gasteiger partial charge in [0.25, 0.3) is 5.56 Å². The summed E-state index contributed by atoms with van der Waals surface area (Å²) in [4.78, 5) is 31.3. The third-order valence-electron chi connectivity index (χ3n) is 5.14. The molecular weight excluding hydrogens is 400 g/mol. The molecule has 2 heterocycles. The van der Waals surface area contributed by atoms with E-state index in [1.165, 1.54) is 10.7 Å². The van der Waals surface area contributed by atoms with Gasteiger partial charge >= 0.3 is 0 Å². The van der Waals surface area contributed by atoms with Crippen LogP contribution in [-0.2, 0) is 17.9 Å². The highest BCUT2D eigenvalue weighted by Crippen LogP contribution is 2.19. The lowest BCUT2D eigenvalue weighted by atomic mass is 10.1. The molecule has 0 aliphatic rings. The van der Waals surface area contributed by atoms with E-state index < -0.39 is 0 Å². The lowest BCUT2D eigenvalue weighted by Gasteiger charge is -2.23. The van der Waals surface area contributed by atoms with Gasteiger partial charge in [0.2, 0.25) is 5.91 Å². The molecule has 0 N–H and O–H groups in total. The van der Waals surface area contributed by atoms with Gasteiger partial charge in [0, 0.05) is 42.7 Å². The van der Waals surface area contributed by atoms with E-state index in [9.17, 15) is 9.59 Å². The van der Waals surface area contributed by atoms with Gasteiger partial charge in [0.05, 0.1) is 12.2 Å². The van der Waals surface area contributed by atoms with E-state index in [2.05, 4.69) is 10.1 Å². The number of hydrogen-bond donors (Lipinski definition) is 0. The zero-order valence-electron chi connectivity index (χ0n) is 17.7. The highest BCUT2D eigenvalue weighted by molar-refractivity contribution is 5.93. The number of carbonyl (C=O) groups is 1. The first kappa shape index (κ1) is 21.2. The summed E-state index contributed by atoms with van der Waals surface area (Å²) in [7, 11) is 0. The Kier molecular flexibility index (Phi) is 6.82. The van der Waals surface area contributed by atoms with Gasteiger partial charge in [-0.05, 0) is 42.3 Å². The fraction of sp³-hybridized carbons (Fsp3) is 0.154. The number of rotatable bonds is 8. The Bertz CT molecular complexity index is 1210. The minimum Gasteiger partial charge on any atom is -0.308 e. The van der Waals surface area contributed by atoms with Crippen LogP contribution in [0.15, 0.2) is 102 Å². The molecule has 2 aromatic carbocycles. The second kappa shape index (κ2) is 10.3. The van der Waals surface area contributed by atoms with E-state index in [1.807, 2.05) is 72.8 Å². The fourth-order valence-electron chi connectivity index (χ4n) is 3.49. The lowest BCUT2D eigenvalue weighted by Crippen LogP contribution is -2.31. The van der Waals surface area contributed by atoms with Crippen LogP contribution in [0.3, 0.4) is 0 Å². The molecule has 2 aromatic heterocycles. The SMILES string of the molecule is O=C(CCCn1nc(-c2cccnc2)ccc1=O)N(Cc1ccccc1)c1ccccc1. The smallest absolute Gasteiger partial charge is 0.266 e. The van der Waals surface area contributed by atoms with Crippen LogP contribution in [0.1, 0.15) is 18.4 Å². The van der Waals surface area contributed by atoms with Crippen molar-refractivity contribution in [2.45, 2.75) is 25.9 Å². The highest BCUT2D eigenvalue weighted by Gasteiger charge is 2.16. The minimum atomic E-state index is -0.186. The van der Waals surface area contributed by atoms with Gasteiger partial charge in [-0.2, -0.15) is 5.10 Å². The summed E-state index contributed by atoms with van der Waals surface area (Å²) < 4.78 is 1.42. The number of hydrogen-bond acceptors (Lipinski definition) is 4. The standard InChI is InChI=1S/C26H24N4O2/c31-25(29(23-12-5-2-6-13-23)20-21-9-3-1-4-10-21)14-8-18-30-26(32)16-15-24(28-30)22-11-7-17-27-19-22/h1-7,9-13,15-17,19H,8,14,18,20H2. The third kappa shape index (κ3) is 5.35. The maximum atomic E-state index is 13.1. The van der Waals surface area contributed by atoms with E-state index in [1.54, 1.807) is 23.4 Å². The molecule has 32 heavy (non-hydrogen) atoms. The van der Waals surface area contributed by atoms with Crippen LogP contribution in [0, 0.1) is 0 Å². The van der Waals surface area contributed by atoms with Gasteiger partial charge in [-0.1, -0.05) is 48.5 Å². The zero-order valence-corrected chi connectivity index (χ0v) is 17.7. The van der Waals surface area contributed by atoms with Gasteiger partial charge in [0.1, 0.15) is 0 Å². The zero-order chi connectivity index (χ0) is 22.2. The highest BCUT2D eigenvalue weighted by atomic mass is 16.2. The molecule has 0 spiro atoms. The third-order valence-corrected chi connectivity index (χ3v) is 5.14. The molecule has 4 rings (SSSR count). The quantitative estimate of drug-likeness (QED) is 0.422. The molecular formula is C26H24N4O2. The van der Waals surface area contributed by atoms with Gasteiger partial charge in [-0.15, -0.1) is 0 Å². The Morgan fingerprint density at radius 3 is 2.34 bits per heavy atom. The second-order valence-corrected chi connectivity index (χ2v) is 7.43. The van der Waals surface area contributed by atoms with E-state index in [0.29, 0.717) is 31.6 Å². The first-order valence-electron chi connectivity index (χ1n) is 10.6. The number of aryl methyl sites for hydroxylation is 1. The summed E-state index contributed by atoms with van der Waals surface area (Å²) in [5, 5.41) is 4.45. The molecule has 0 saturated carbocycles. The average molecular weight is 425 g/mol. The number of para-hydroxylation sites is 1. The molecule has 0 radical (unpaired) electrons. The summed E-state index contributed by atoms with van der Waals surface area (Å²) in [6.07, 6.45) is 4.23. The van der Waals surface area contributed by atoms with Crippen LogP contribution in [0.25, 0.3) is 11.3 Å². The van der Waals surface area contributed by atoms with Crippen molar-refractivity contribution in [2.75, 3.05) is 4.90 Å².